The summed E-state index contributed by atoms with van der Waals surface area (Å²) in [6, 6.07) is 6.88. The Bertz CT molecular complexity index is 666. The molecule has 0 aliphatic heterocycles. The van der Waals surface area contributed by atoms with Crippen LogP contribution in [0.3, 0.4) is 0 Å². The quantitative estimate of drug-likeness (QED) is 0.387. The Hall–Kier alpha value is -1.89. The van der Waals surface area contributed by atoms with E-state index >= 15 is 0 Å². The second-order valence-electron chi connectivity index (χ2n) is 7.51. The molecule has 1 amide bonds. The van der Waals surface area contributed by atoms with E-state index in [9.17, 15) is 14.4 Å². The predicted molar refractivity (Wildman–Crippen MR) is 111 cm³/mol. The maximum absolute atomic E-state index is 12.6. The van der Waals surface area contributed by atoms with Crippen molar-refractivity contribution in [2.45, 2.75) is 65.6 Å². The molecule has 0 bridgehead atoms. The number of nitrogens with zero attached hydrogens (tertiary/aromatic N) is 1. The van der Waals surface area contributed by atoms with Crippen LogP contribution in [0, 0.1) is 0 Å². The van der Waals surface area contributed by atoms with Crippen molar-refractivity contribution >= 4 is 33.8 Å². The number of halogens is 1. The number of benzene rings is 1. The maximum Gasteiger partial charge on any atom is 0.410 e. The lowest BCUT2D eigenvalue weighted by Crippen LogP contribution is -2.42. The molecule has 0 aliphatic rings. The molecule has 0 N–H and O–H groups in total. The topological polar surface area (TPSA) is 72.9 Å². The second kappa shape index (κ2) is 11.2. The van der Waals surface area contributed by atoms with Gasteiger partial charge in [0.25, 0.3) is 0 Å². The van der Waals surface area contributed by atoms with Crippen molar-refractivity contribution in [3.05, 3.63) is 34.3 Å². The summed E-state index contributed by atoms with van der Waals surface area (Å²) in [5.41, 5.74) is -0.188. The normalized spacial score (nSPS) is 12.2. The van der Waals surface area contributed by atoms with Gasteiger partial charge in [0.15, 0.2) is 6.10 Å². The van der Waals surface area contributed by atoms with Gasteiger partial charge in [-0.15, -0.1) is 0 Å². The number of hydrogen-bond donors (Lipinski definition) is 0. The van der Waals surface area contributed by atoms with Gasteiger partial charge in [-0.2, -0.15) is 0 Å². The molecule has 0 fully saturated rings. The van der Waals surface area contributed by atoms with E-state index in [-0.39, 0.29) is 12.3 Å². The molecule has 1 unspecified atom stereocenters. The number of carbonyl (C=O) groups excluding carboxylic acids is 3. The maximum atomic E-state index is 12.6. The molecule has 0 spiro atoms. The summed E-state index contributed by atoms with van der Waals surface area (Å²) in [7, 11) is 0. The molecular formula is C21H30BrNO5. The molecular weight excluding hydrogens is 426 g/mol. The summed E-state index contributed by atoms with van der Waals surface area (Å²) in [4.78, 5) is 38.7. The lowest BCUT2D eigenvalue weighted by molar-refractivity contribution is -0.148. The van der Waals surface area contributed by atoms with E-state index < -0.39 is 23.8 Å². The van der Waals surface area contributed by atoms with Crippen molar-refractivity contribution in [1.29, 1.82) is 0 Å². The van der Waals surface area contributed by atoms with Gasteiger partial charge in [0.2, 0.25) is 5.78 Å². The van der Waals surface area contributed by atoms with E-state index in [1.807, 2.05) is 6.92 Å². The molecule has 156 valence electrons. The number of amides is 1. The summed E-state index contributed by atoms with van der Waals surface area (Å²) in [5, 5.41) is 0. The van der Waals surface area contributed by atoms with Gasteiger partial charge in [0.05, 0.1) is 0 Å². The fraction of sp³-hybridized carbons (Fsp3) is 0.571. The molecule has 7 heteroatoms. The highest BCUT2D eigenvalue weighted by molar-refractivity contribution is 9.10. The molecule has 0 aromatic heterocycles. The van der Waals surface area contributed by atoms with Crippen LogP contribution in [0.25, 0.3) is 0 Å². The van der Waals surface area contributed by atoms with Crippen molar-refractivity contribution in [2.24, 2.45) is 0 Å². The molecule has 1 rings (SSSR count). The molecule has 1 aromatic carbocycles. The highest BCUT2D eigenvalue weighted by atomic mass is 79.9. The lowest BCUT2D eigenvalue weighted by atomic mass is 10.0. The van der Waals surface area contributed by atoms with E-state index in [0.717, 1.165) is 17.3 Å². The summed E-state index contributed by atoms with van der Waals surface area (Å²) < 4.78 is 11.6. The third kappa shape index (κ3) is 8.42. The van der Waals surface area contributed by atoms with Crippen LogP contribution >= 0.6 is 15.9 Å². The Morgan fingerprint density at radius 2 is 1.71 bits per heavy atom. The number of carbonyl (C=O) groups is 3. The first-order valence-corrected chi connectivity index (χ1v) is 10.3. The van der Waals surface area contributed by atoms with E-state index in [1.165, 1.54) is 4.90 Å². The van der Waals surface area contributed by atoms with E-state index in [0.29, 0.717) is 18.5 Å². The molecule has 0 radical (unpaired) electrons. The average Bonchev–Trinajstić information content (AvgIpc) is 2.61. The number of rotatable bonds is 9. The van der Waals surface area contributed by atoms with Crippen molar-refractivity contribution in [1.82, 2.24) is 4.90 Å². The summed E-state index contributed by atoms with van der Waals surface area (Å²) in [6.45, 7) is 9.21. The standard InChI is InChI=1S/C21H30BrNO5/c1-6-8-13-23(20(26)28-21(3,4)5)14-18(24)27-17(7-2)19(25)15-9-11-16(22)12-10-15/h9-12,17H,6-8,13-14H2,1-5H3. The average molecular weight is 456 g/mol. The Labute approximate surface area is 175 Å². The Morgan fingerprint density at radius 1 is 1.11 bits per heavy atom. The third-order valence-electron chi connectivity index (χ3n) is 3.82. The van der Waals surface area contributed by atoms with Crippen molar-refractivity contribution in [3.8, 4) is 0 Å². The molecule has 0 aliphatic carbocycles. The Balaban J connectivity index is 2.78. The zero-order valence-corrected chi connectivity index (χ0v) is 18.9. The minimum absolute atomic E-state index is 0.251. The van der Waals surface area contributed by atoms with Gasteiger partial charge in [0.1, 0.15) is 12.1 Å². The first-order valence-electron chi connectivity index (χ1n) is 9.54. The van der Waals surface area contributed by atoms with Gasteiger partial charge in [-0.05, 0) is 45.7 Å². The summed E-state index contributed by atoms with van der Waals surface area (Å²) in [5.74, 6) is -0.889. The van der Waals surface area contributed by atoms with E-state index in [4.69, 9.17) is 9.47 Å². The zero-order chi connectivity index (χ0) is 21.3. The van der Waals surface area contributed by atoms with Gasteiger partial charge in [-0.3, -0.25) is 14.5 Å². The third-order valence-corrected chi connectivity index (χ3v) is 4.35. The molecule has 28 heavy (non-hydrogen) atoms. The fourth-order valence-electron chi connectivity index (χ4n) is 2.38. The van der Waals surface area contributed by atoms with Crippen LogP contribution in [0.5, 0.6) is 0 Å². The molecule has 1 atom stereocenters. The Kier molecular flexibility index (Phi) is 9.65. The van der Waals surface area contributed by atoms with Crippen molar-refractivity contribution < 1.29 is 23.9 Å². The van der Waals surface area contributed by atoms with Crippen molar-refractivity contribution in [2.75, 3.05) is 13.1 Å². The largest absolute Gasteiger partial charge is 0.453 e. The van der Waals surface area contributed by atoms with Crippen LogP contribution < -0.4 is 0 Å². The molecule has 0 saturated carbocycles. The number of esters is 1. The lowest BCUT2D eigenvalue weighted by Gasteiger charge is -2.27. The molecule has 0 saturated heterocycles. The first kappa shape index (κ1) is 24.1. The number of Topliss-reactive ketones (excluding diaryl/α,β-unsaturated/α-hetero) is 1. The van der Waals surface area contributed by atoms with Gasteiger partial charge < -0.3 is 9.47 Å². The van der Waals surface area contributed by atoms with Gasteiger partial charge in [0, 0.05) is 16.6 Å². The molecule has 0 heterocycles. The van der Waals surface area contributed by atoms with E-state index in [1.54, 1.807) is 52.0 Å². The predicted octanol–water partition coefficient (Wildman–Crippen LogP) is 4.99. The SMILES string of the molecule is CCCCN(CC(=O)OC(CC)C(=O)c1ccc(Br)cc1)C(=O)OC(C)(C)C. The monoisotopic (exact) mass is 455 g/mol. The smallest absolute Gasteiger partial charge is 0.410 e. The fourth-order valence-corrected chi connectivity index (χ4v) is 2.65. The highest BCUT2D eigenvalue weighted by Crippen LogP contribution is 2.15. The minimum atomic E-state index is -0.889. The molecule has 1 aromatic rings. The number of ether oxygens (including phenoxy) is 2. The van der Waals surface area contributed by atoms with Crippen LogP contribution in [-0.2, 0) is 14.3 Å². The summed E-state index contributed by atoms with van der Waals surface area (Å²) >= 11 is 3.32. The number of ketones is 1. The highest BCUT2D eigenvalue weighted by Gasteiger charge is 2.27. The van der Waals surface area contributed by atoms with Crippen LogP contribution in [0.15, 0.2) is 28.7 Å². The minimum Gasteiger partial charge on any atom is -0.453 e. The number of hydrogen-bond acceptors (Lipinski definition) is 5. The number of unbranched alkanes of at least 4 members (excludes halogenated alkanes) is 1. The van der Waals surface area contributed by atoms with Crippen LogP contribution in [-0.4, -0.2) is 47.5 Å². The molecule has 6 nitrogen and oxygen atoms in total. The van der Waals surface area contributed by atoms with Gasteiger partial charge in [-0.1, -0.05) is 48.3 Å². The van der Waals surface area contributed by atoms with Crippen LogP contribution in [0.2, 0.25) is 0 Å². The second-order valence-corrected chi connectivity index (χ2v) is 8.43. The van der Waals surface area contributed by atoms with Crippen molar-refractivity contribution in [3.63, 3.8) is 0 Å². The van der Waals surface area contributed by atoms with Crippen LogP contribution in [0.4, 0.5) is 4.79 Å². The van der Waals surface area contributed by atoms with Gasteiger partial charge in [-0.25, -0.2) is 4.79 Å². The van der Waals surface area contributed by atoms with E-state index in [2.05, 4.69) is 15.9 Å². The van der Waals surface area contributed by atoms with Gasteiger partial charge >= 0.3 is 12.1 Å². The zero-order valence-electron chi connectivity index (χ0n) is 17.3. The van der Waals surface area contributed by atoms with Crippen LogP contribution in [0.1, 0.15) is 64.2 Å². The summed E-state index contributed by atoms with van der Waals surface area (Å²) in [6.07, 6.45) is 0.503. The Morgan fingerprint density at radius 3 is 2.21 bits per heavy atom. The first-order chi connectivity index (χ1) is 13.1.